The summed E-state index contributed by atoms with van der Waals surface area (Å²) in [4.78, 5) is 7.75. The van der Waals surface area contributed by atoms with Crippen LogP contribution in [0.4, 0.5) is 13.2 Å². The van der Waals surface area contributed by atoms with Crippen molar-refractivity contribution < 1.29 is 13.2 Å². The molecule has 0 saturated carbocycles. The highest BCUT2D eigenvalue weighted by atomic mass is 19.4. The lowest BCUT2D eigenvalue weighted by Crippen LogP contribution is -2.41. The minimum Gasteiger partial charge on any atom is -0.356 e. The molecule has 8 heteroatoms. The third-order valence-corrected chi connectivity index (χ3v) is 4.35. The summed E-state index contributed by atoms with van der Waals surface area (Å²) in [5.41, 5.74) is 1.16. The van der Waals surface area contributed by atoms with Crippen LogP contribution in [0, 0.1) is 5.92 Å². The van der Waals surface area contributed by atoms with Crippen molar-refractivity contribution in [3.8, 4) is 0 Å². The number of halogens is 3. The van der Waals surface area contributed by atoms with Gasteiger partial charge in [-0.15, -0.1) is 0 Å². The van der Waals surface area contributed by atoms with Crippen molar-refractivity contribution in [3.05, 3.63) is 24.0 Å². The van der Waals surface area contributed by atoms with Crippen molar-refractivity contribution in [2.75, 3.05) is 40.3 Å². The van der Waals surface area contributed by atoms with Gasteiger partial charge in [0.05, 0.1) is 13.1 Å². The van der Waals surface area contributed by atoms with Crippen LogP contribution in [0.5, 0.6) is 0 Å². The summed E-state index contributed by atoms with van der Waals surface area (Å²) in [5.74, 6) is 0.970. The Morgan fingerprint density at radius 2 is 2.21 bits per heavy atom. The number of likely N-dealkylation sites (tertiary alicyclic amines) is 1. The summed E-state index contributed by atoms with van der Waals surface area (Å²) in [7, 11) is 5.66. The minimum atomic E-state index is -4.12. The largest absolute Gasteiger partial charge is 0.401 e. The third kappa shape index (κ3) is 5.43. The van der Waals surface area contributed by atoms with Crippen molar-refractivity contribution >= 4 is 5.96 Å². The topological polar surface area (TPSA) is 35.8 Å². The molecule has 5 nitrogen and oxygen atoms in total. The Balaban J connectivity index is 1.79. The molecule has 0 bridgehead atoms. The van der Waals surface area contributed by atoms with E-state index in [2.05, 4.69) is 20.9 Å². The second-order valence-corrected chi connectivity index (χ2v) is 6.40. The number of aryl methyl sites for hydroxylation is 1. The van der Waals surface area contributed by atoms with Gasteiger partial charge < -0.3 is 14.8 Å². The molecule has 1 aliphatic rings. The van der Waals surface area contributed by atoms with E-state index in [0.29, 0.717) is 26.2 Å². The van der Waals surface area contributed by atoms with Crippen LogP contribution in [0.2, 0.25) is 0 Å². The molecule has 1 aromatic heterocycles. The fourth-order valence-corrected chi connectivity index (χ4v) is 3.08. The molecule has 1 aromatic rings. The first kappa shape index (κ1) is 18.6. The van der Waals surface area contributed by atoms with Crippen LogP contribution in [0.1, 0.15) is 12.1 Å². The first-order valence-electron chi connectivity index (χ1n) is 8.09. The van der Waals surface area contributed by atoms with Crippen LogP contribution in [0.3, 0.4) is 0 Å². The fraction of sp³-hybridized carbons (Fsp3) is 0.688. The van der Waals surface area contributed by atoms with E-state index in [0.717, 1.165) is 18.1 Å². The highest BCUT2D eigenvalue weighted by Crippen LogP contribution is 2.22. The van der Waals surface area contributed by atoms with Gasteiger partial charge in [0.1, 0.15) is 0 Å². The zero-order valence-electron chi connectivity index (χ0n) is 14.5. The number of aliphatic imine (C=N–C) groups is 1. The molecule has 2 rings (SSSR count). The number of guanidine groups is 1. The highest BCUT2D eigenvalue weighted by Gasteiger charge is 2.34. The lowest BCUT2D eigenvalue weighted by molar-refractivity contribution is -0.143. The van der Waals surface area contributed by atoms with E-state index in [1.807, 2.05) is 31.3 Å². The molecular formula is C16H26F3N5. The highest BCUT2D eigenvalue weighted by molar-refractivity contribution is 5.79. The zero-order chi connectivity index (χ0) is 17.7. The zero-order valence-corrected chi connectivity index (χ0v) is 14.5. The Bertz CT molecular complexity index is 552. The van der Waals surface area contributed by atoms with Crippen molar-refractivity contribution in [1.29, 1.82) is 0 Å². The molecule has 1 unspecified atom stereocenters. The summed E-state index contributed by atoms with van der Waals surface area (Å²) in [6, 6.07) is 4.04. The molecule has 1 saturated heterocycles. The van der Waals surface area contributed by atoms with Gasteiger partial charge in [-0.05, 0) is 31.0 Å². The normalized spacial score (nSPS) is 19.8. The lowest BCUT2D eigenvalue weighted by Gasteiger charge is -2.24. The van der Waals surface area contributed by atoms with E-state index in [1.54, 1.807) is 7.05 Å². The van der Waals surface area contributed by atoms with Crippen molar-refractivity contribution in [1.82, 2.24) is 19.7 Å². The maximum absolute atomic E-state index is 12.4. The van der Waals surface area contributed by atoms with E-state index < -0.39 is 12.7 Å². The van der Waals surface area contributed by atoms with Gasteiger partial charge >= 0.3 is 6.18 Å². The van der Waals surface area contributed by atoms with Gasteiger partial charge in [-0.1, -0.05) is 0 Å². The molecular weight excluding hydrogens is 319 g/mol. The monoisotopic (exact) mass is 345 g/mol. The molecule has 24 heavy (non-hydrogen) atoms. The van der Waals surface area contributed by atoms with E-state index >= 15 is 0 Å². The predicted molar refractivity (Wildman–Crippen MR) is 88.8 cm³/mol. The van der Waals surface area contributed by atoms with Crippen LogP contribution < -0.4 is 5.32 Å². The second kappa shape index (κ2) is 7.92. The summed E-state index contributed by atoms with van der Waals surface area (Å²) in [6.45, 7) is 1.52. The molecule has 1 N–H and O–H groups in total. The number of alkyl halides is 3. The molecule has 0 radical (unpaired) electrons. The van der Waals surface area contributed by atoms with Crippen LogP contribution in [0.25, 0.3) is 0 Å². The number of hydrogen-bond acceptors (Lipinski definition) is 2. The van der Waals surface area contributed by atoms with Crippen LogP contribution in [-0.4, -0.2) is 66.8 Å². The van der Waals surface area contributed by atoms with E-state index in [9.17, 15) is 13.2 Å². The summed E-state index contributed by atoms with van der Waals surface area (Å²) in [6.07, 6.45) is -1.34. The van der Waals surface area contributed by atoms with Crippen molar-refractivity contribution in [2.45, 2.75) is 19.1 Å². The Morgan fingerprint density at radius 3 is 2.79 bits per heavy atom. The maximum Gasteiger partial charge on any atom is 0.401 e. The van der Waals surface area contributed by atoms with E-state index in [4.69, 9.17) is 0 Å². The predicted octanol–water partition coefficient (Wildman–Crippen LogP) is 1.92. The van der Waals surface area contributed by atoms with Crippen LogP contribution in [0.15, 0.2) is 23.3 Å². The fourth-order valence-electron chi connectivity index (χ4n) is 3.08. The summed E-state index contributed by atoms with van der Waals surface area (Å²) < 4.78 is 39.4. The molecule has 2 heterocycles. The van der Waals surface area contributed by atoms with Crippen molar-refractivity contribution in [3.63, 3.8) is 0 Å². The van der Waals surface area contributed by atoms with Crippen LogP contribution in [-0.2, 0) is 13.6 Å². The van der Waals surface area contributed by atoms with E-state index in [-0.39, 0.29) is 5.92 Å². The van der Waals surface area contributed by atoms with Crippen LogP contribution >= 0.6 is 0 Å². The SMILES string of the molecule is CN=C(NCC1CCN(CC(F)(F)F)C1)N(C)Cc1cccn1C. The smallest absolute Gasteiger partial charge is 0.356 e. The third-order valence-electron chi connectivity index (χ3n) is 4.35. The number of nitrogens with one attached hydrogen (secondary N) is 1. The van der Waals surface area contributed by atoms with Gasteiger partial charge in [0.2, 0.25) is 0 Å². The lowest BCUT2D eigenvalue weighted by atomic mass is 10.1. The average Bonchev–Trinajstić information content (AvgIpc) is 3.08. The Kier molecular flexibility index (Phi) is 6.15. The average molecular weight is 345 g/mol. The standard InChI is InChI=1S/C16H26F3N5/c1-20-15(23(3)11-14-5-4-7-22(14)2)21-9-13-6-8-24(10-13)12-16(17,18)19/h4-5,7,13H,6,8-12H2,1-3H3,(H,20,21). The maximum atomic E-state index is 12.4. The Hall–Kier alpha value is -1.70. The Morgan fingerprint density at radius 1 is 1.46 bits per heavy atom. The van der Waals surface area contributed by atoms with Gasteiger partial charge in [0, 0.05) is 46.1 Å². The number of aromatic nitrogens is 1. The Labute approximate surface area is 141 Å². The molecule has 0 aliphatic carbocycles. The van der Waals surface area contributed by atoms with E-state index in [1.165, 1.54) is 4.90 Å². The first-order chi connectivity index (χ1) is 11.3. The van der Waals surface area contributed by atoms with Gasteiger partial charge in [0.25, 0.3) is 0 Å². The van der Waals surface area contributed by atoms with Gasteiger partial charge in [-0.2, -0.15) is 13.2 Å². The number of hydrogen-bond donors (Lipinski definition) is 1. The summed E-state index contributed by atoms with van der Waals surface area (Å²) in [5, 5.41) is 3.29. The van der Waals surface area contributed by atoms with Crippen molar-refractivity contribution in [2.24, 2.45) is 18.0 Å². The number of nitrogens with zero attached hydrogens (tertiary/aromatic N) is 4. The molecule has 1 aliphatic heterocycles. The summed E-state index contributed by atoms with van der Waals surface area (Å²) >= 11 is 0. The van der Waals surface area contributed by atoms with Gasteiger partial charge in [-0.25, -0.2) is 0 Å². The number of rotatable bonds is 5. The first-order valence-corrected chi connectivity index (χ1v) is 8.09. The minimum absolute atomic E-state index is 0.215. The van der Waals surface area contributed by atoms with Gasteiger partial charge in [-0.3, -0.25) is 9.89 Å². The van der Waals surface area contributed by atoms with Gasteiger partial charge in [0.15, 0.2) is 5.96 Å². The molecule has 0 amide bonds. The molecule has 0 spiro atoms. The molecule has 1 atom stereocenters. The molecule has 0 aromatic carbocycles. The molecule has 136 valence electrons. The molecule has 1 fully saturated rings. The second-order valence-electron chi connectivity index (χ2n) is 6.40. The quantitative estimate of drug-likeness (QED) is 0.654.